The molecule has 8 heteroatoms. The SMILES string of the molecule is COCc1ccc2c(c1)c(OC(C)(C)C(=O)NCCN1CCOCC1)nn2Cc1ccccc1. The smallest absolute Gasteiger partial charge is 0.263 e. The minimum absolute atomic E-state index is 0.167. The van der Waals surface area contributed by atoms with Gasteiger partial charge in [0.2, 0.25) is 5.88 Å². The van der Waals surface area contributed by atoms with Gasteiger partial charge in [-0.05, 0) is 37.1 Å². The summed E-state index contributed by atoms with van der Waals surface area (Å²) >= 11 is 0. The van der Waals surface area contributed by atoms with Crippen molar-refractivity contribution >= 4 is 16.8 Å². The molecule has 1 N–H and O–H groups in total. The number of ether oxygens (including phenoxy) is 3. The van der Waals surface area contributed by atoms with E-state index >= 15 is 0 Å². The van der Waals surface area contributed by atoms with Crippen molar-refractivity contribution < 1.29 is 19.0 Å². The fourth-order valence-corrected chi connectivity index (χ4v) is 4.06. The Bertz CT molecular complexity index is 1090. The highest BCUT2D eigenvalue weighted by Crippen LogP contribution is 2.30. The zero-order chi connectivity index (χ0) is 24.0. The van der Waals surface area contributed by atoms with E-state index in [0.29, 0.717) is 25.6 Å². The Hall–Kier alpha value is -2.94. The second-order valence-electron chi connectivity index (χ2n) is 9.06. The summed E-state index contributed by atoms with van der Waals surface area (Å²) in [4.78, 5) is 15.3. The van der Waals surface area contributed by atoms with E-state index in [0.717, 1.165) is 54.9 Å². The molecule has 1 aromatic heterocycles. The van der Waals surface area contributed by atoms with Crippen LogP contribution in [0.3, 0.4) is 0 Å². The van der Waals surface area contributed by atoms with Crippen LogP contribution in [0.2, 0.25) is 0 Å². The van der Waals surface area contributed by atoms with Crippen LogP contribution in [0.25, 0.3) is 10.9 Å². The Morgan fingerprint density at radius 2 is 1.88 bits per heavy atom. The van der Waals surface area contributed by atoms with E-state index in [2.05, 4.69) is 22.3 Å². The van der Waals surface area contributed by atoms with Crippen LogP contribution < -0.4 is 10.1 Å². The molecule has 2 aromatic carbocycles. The second kappa shape index (κ2) is 11.0. The quantitative estimate of drug-likeness (QED) is 0.495. The van der Waals surface area contributed by atoms with Crippen molar-refractivity contribution in [2.75, 3.05) is 46.5 Å². The molecule has 8 nitrogen and oxygen atoms in total. The number of methoxy groups -OCH3 is 1. The van der Waals surface area contributed by atoms with Crippen LogP contribution in [-0.2, 0) is 27.4 Å². The third kappa shape index (κ3) is 5.94. The summed E-state index contributed by atoms with van der Waals surface area (Å²) in [6, 6.07) is 16.2. The van der Waals surface area contributed by atoms with Crippen LogP contribution in [0.15, 0.2) is 48.5 Å². The molecule has 2 heterocycles. The van der Waals surface area contributed by atoms with Crippen molar-refractivity contribution in [3.63, 3.8) is 0 Å². The Morgan fingerprint density at radius 3 is 2.62 bits per heavy atom. The third-order valence-electron chi connectivity index (χ3n) is 5.98. The number of carbonyl (C=O) groups excluding carboxylic acids is 1. The Labute approximate surface area is 200 Å². The highest BCUT2D eigenvalue weighted by atomic mass is 16.5. The maximum atomic E-state index is 13.0. The number of amides is 1. The minimum atomic E-state index is -1.08. The monoisotopic (exact) mass is 466 g/mol. The summed E-state index contributed by atoms with van der Waals surface area (Å²) < 4.78 is 18.9. The van der Waals surface area contributed by atoms with Crippen LogP contribution in [-0.4, -0.2) is 72.7 Å². The number of nitrogens with zero attached hydrogens (tertiary/aromatic N) is 3. The van der Waals surface area contributed by atoms with Gasteiger partial charge in [0.1, 0.15) is 0 Å². The largest absolute Gasteiger partial charge is 0.460 e. The van der Waals surface area contributed by atoms with Gasteiger partial charge in [-0.1, -0.05) is 36.4 Å². The fourth-order valence-electron chi connectivity index (χ4n) is 4.06. The van der Waals surface area contributed by atoms with Gasteiger partial charge in [0.15, 0.2) is 5.60 Å². The van der Waals surface area contributed by atoms with E-state index < -0.39 is 5.60 Å². The average Bonchev–Trinajstić information content (AvgIpc) is 3.16. The number of morpholine rings is 1. The molecule has 1 amide bonds. The normalized spacial score (nSPS) is 14.9. The third-order valence-corrected chi connectivity index (χ3v) is 5.98. The second-order valence-corrected chi connectivity index (χ2v) is 9.06. The molecular weight excluding hydrogens is 432 g/mol. The average molecular weight is 467 g/mol. The molecule has 34 heavy (non-hydrogen) atoms. The van der Waals surface area contributed by atoms with Crippen LogP contribution in [0.5, 0.6) is 5.88 Å². The molecule has 3 aromatic rings. The number of aromatic nitrogens is 2. The van der Waals surface area contributed by atoms with E-state index in [9.17, 15) is 4.79 Å². The predicted molar refractivity (Wildman–Crippen MR) is 131 cm³/mol. The van der Waals surface area contributed by atoms with E-state index in [1.807, 2.05) is 41.1 Å². The van der Waals surface area contributed by atoms with E-state index in [-0.39, 0.29) is 5.91 Å². The van der Waals surface area contributed by atoms with Crippen LogP contribution >= 0.6 is 0 Å². The van der Waals surface area contributed by atoms with Gasteiger partial charge in [-0.25, -0.2) is 0 Å². The molecule has 0 unspecified atom stereocenters. The lowest BCUT2D eigenvalue weighted by Crippen LogP contribution is -2.49. The van der Waals surface area contributed by atoms with E-state index in [1.165, 1.54) is 0 Å². The summed E-state index contributed by atoms with van der Waals surface area (Å²) in [5, 5.41) is 8.64. The maximum absolute atomic E-state index is 13.0. The molecule has 1 fully saturated rings. The van der Waals surface area contributed by atoms with E-state index in [4.69, 9.17) is 19.3 Å². The summed E-state index contributed by atoms with van der Waals surface area (Å²) in [5.41, 5.74) is 2.02. The minimum Gasteiger partial charge on any atom is -0.460 e. The van der Waals surface area contributed by atoms with Crippen LogP contribution in [0.1, 0.15) is 25.0 Å². The Balaban J connectivity index is 1.51. The Morgan fingerprint density at radius 1 is 1.12 bits per heavy atom. The molecule has 0 saturated carbocycles. The van der Waals surface area contributed by atoms with Gasteiger partial charge < -0.3 is 19.5 Å². The van der Waals surface area contributed by atoms with Crippen LogP contribution in [0, 0.1) is 0 Å². The van der Waals surface area contributed by atoms with Crippen molar-refractivity contribution in [2.45, 2.75) is 32.6 Å². The summed E-state index contributed by atoms with van der Waals surface area (Å²) in [6.07, 6.45) is 0. The van der Waals surface area contributed by atoms with Crippen molar-refractivity contribution in [3.05, 3.63) is 59.7 Å². The van der Waals surface area contributed by atoms with Gasteiger partial charge >= 0.3 is 0 Å². The van der Waals surface area contributed by atoms with Crippen molar-refractivity contribution in [3.8, 4) is 5.88 Å². The molecule has 4 rings (SSSR count). The number of nitrogens with one attached hydrogen (secondary N) is 1. The number of fused-ring (bicyclic) bond motifs is 1. The first-order chi connectivity index (χ1) is 16.5. The van der Waals surface area contributed by atoms with Gasteiger partial charge in [-0.3, -0.25) is 14.4 Å². The lowest BCUT2D eigenvalue weighted by molar-refractivity contribution is -0.134. The molecule has 0 spiro atoms. The molecule has 1 aliphatic heterocycles. The first-order valence-corrected chi connectivity index (χ1v) is 11.8. The number of benzene rings is 2. The lowest BCUT2D eigenvalue weighted by atomic mass is 10.1. The summed E-state index contributed by atoms with van der Waals surface area (Å²) in [5.74, 6) is 0.275. The molecule has 1 aliphatic rings. The molecule has 0 bridgehead atoms. The number of hydrogen-bond acceptors (Lipinski definition) is 6. The van der Waals surface area contributed by atoms with E-state index in [1.54, 1.807) is 21.0 Å². The number of carbonyl (C=O) groups is 1. The van der Waals surface area contributed by atoms with Crippen molar-refractivity contribution in [1.82, 2.24) is 20.0 Å². The molecular formula is C26H34N4O4. The first kappa shape index (κ1) is 24.2. The summed E-state index contributed by atoms with van der Waals surface area (Å²) in [6.45, 7) is 9.28. The zero-order valence-corrected chi connectivity index (χ0v) is 20.3. The highest BCUT2D eigenvalue weighted by Gasteiger charge is 2.32. The van der Waals surface area contributed by atoms with Gasteiger partial charge in [0.25, 0.3) is 5.91 Å². The molecule has 0 aliphatic carbocycles. The van der Waals surface area contributed by atoms with Crippen molar-refractivity contribution in [2.24, 2.45) is 0 Å². The van der Waals surface area contributed by atoms with Crippen molar-refractivity contribution in [1.29, 1.82) is 0 Å². The van der Waals surface area contributed by atoms with Gasteiger partial charge in [-0.15, -0.1) is 5.10 Å². The highest BCUT2D eigenvalue weighted by molar-refractivity contribution is 5.88. The first-order valence-electron chi connectivity index (χ1n) is 11.8. The molecule has 0 atom stereocenters. The number of hydrogen-bond donors (Lipinski definition) is 1. The summed E-state index contributed by atoms with van der Waals surface area (Å²) in [7, 11) is 1.67. The standard InChI is InChI=1S/C26H34N4O4/c1-26(2,25(31)27-11-12-29-13-15-33-16-14-29)34-24-22-17-21(19-32-3)9-10-23(22)30(28-24)18-20-7-5-4-6-8-20/h4-10,17H,11-16,18-19H2,1-3H3,(H,27,31). The topological polar surface area (TPSA) is 77.8 Å². The molecule has 0 radical (unpaired) electrons. The van der Waals surface area contributed by atoms with Gasteiger partial charge in [0, 0.05) is 33.3 Å². The maximum Gasteiger partial charge on any atom is 0.263 e. The Kier molecular flexibility index (Phi) is 7.82. The molecule has 1 saturated heterocycles. The van der Waals surface area contributed by atoms with Crippen LogP contribution in [0.4, 0.5) is 0 Å². The van der Waals surface area contributed by atoms with Gasteiger partial charge in [-0.2, -0.15) is 0 Å². The fraction of sp³-hybridized carbons (Fsp3) is 0.462. The molecule has 182 valence electrons. The lowest BCUT2D eigenvalue weighted by Gasteiger charge is -2.28. The zero-order valence-electron chi connectivity index (χ0n) is 20.3. The predicted octanol–water partition coefficient (Wildman–Crippen LogP) is 2.84. The number of rotatable bonds is 10. The van der Waals surface area contributed by atoms with Gasteiger partial charge in [0.05, 0.1) is 37.3 Å².